The van der Waals surface area contributed by atoms with Gasteiger partial charge in [0, 0.05) is 19.2 Å². The fraction of sp³-hybridized carbons (Fsp3) is 0.636. The number of carbonyl (C=O) groups is 1. The highest BCUT2D eigenvalue weighted by molar-refractivity contribution is 5.75. The molecule has 4 rings (SSSR count). The summed E-state index contributed by atoms with van der Waals surface area (Å²) < 4.78 is 24.1. The Bertz CT molecular complexity index is 1140. The molecule has 0 bridgehead atoms. The quantitative estimate of drug-likeness (QED) is 0.256. The zero-order chi connectivity index (χ0) is 29.4. The van der Waals surface area contributed by atoms with E-state index in [1.165, 1.54) is 5.56 Å². The molecule has 1 aromatic carbocycles. The molecular formula is C33H49N3O5. The summed E-state index contributed by atoms with van der Waals surface area (Å²) >= 11 is 0. The molecule has 1 saturated carbocycles. The Labute approximate surface area is 246 Å². The van der Waals surface area contributed by atoms with Gasteiger partial charge in [-0.3, -0.25) is 0 Å². The fourth-order valence-electron chi connectivity index (χ4n) is 5.54. The molecule has 0 unspecified atom stereocenters. The highest BCUT2D eigenvalue weighted by Gasteiger charge is 2.33. The van der Waals surface area contributed by atoms with Crippen molar-refractivity contribution in [2.75, 3.05) is 38.3 Å². The molecule has 0 spiro atoms. The van der Waals surface area contributed by atoms with Crippen molar-refractivity contribution < 1.29 is 23.7 Å². The highest BCUT2D eigenvalue weighted by Crippen LogP contribution is 2.47. The van der Waals surface area contributed by atoms with Crippen LogP contribution in [-0.2, 0) is 4.74 Å². The molecule has 8 nitrogen and oxygen atoms in total. The summed E-state index contributed by atoms with van der Waals surface area (Å²) in [5, 5.41) is 0. The van der Waals surface area contributed by atoms with Gasteiger partial charge in [-0.2, -0.15) is 4.98 Å². The molecule has 0 atom stereocenters. The molecule has 1 aliphatic carbocycles. The van der Waals surface area contributed by atoms with Crippen LogP contribution >= 0.6 is 0 Å². The first-order valence-corrected chi connectivity index (χ1v) is 15.5. The maximum Gasteiger partial charge on any atom is 0.410 e. The number of hydrogen-bond donors (Lipinski definition) is 0. The molecule has 2 aliphatic rings. The maximum atomic E-state index is 12.6. The second kappa shape index (κ2) is 14.1. The number of carbonyl (C=O) groups excluding carboxylic acids is 1. The van der Waals surface area contributed by atoms with Gasteiger partial charge >= 0.3 is 6.09 Å². The van der Waals surface area contributed by atoms with Crippen LogP contribution in [0.4, 0.5) is 16.2 Å². The van der Waals surface area contributed by atoms with Gasteiger partial charge in [0.2, 0.25) is 11.8 Å². The van der Waals surface area contributed by atoms with Gasteiger partial charge in [-0.1, -0.05) is 38.8 Å². The van der Waals surface area contributed by atoms with Crippen molar-refractivity contribution in [1.29, 1.82) is 0 Å². The molecule has 0 saturated heterocycles. The highest BCUT2D eigenvalue weighted by atomic mass is 16.6. The van der Waals surface area contributed by atoms with Crippen LogP contribution in [0.1, 0.15) is 97.5 Å². The largest absolute Gasteiger partial charge is 0.489 e. The molecule has 1 fully saturated rings. The van der Waals surface area contributed by atoms with E-state index in [2.05, 4.69) is 43.0 Å². The third kappa shape index (κ3) is 7.98. The lowest BCUT2D eigenvalue weighted by atomic mass is 9.80. The molecule has 1 aliphatic heterocycles. The predicted octanol–water partition coefficient (Wildman–Crippen LogP) is 7.86. The lowest BCUT2D eigenvalue weighted by molar-refractivity contribution is 0.0182. The molecule has 1 amide bonds. The van der Waals surface area contributed by atoms with Gasteiger partial charge in [0.25, 0.3) is 0 Å². The lowest BCUT2D eigenvalue weighted by Gasteiger charge is -2.37. The van der Waals surface area contributed by atoms with Crippen LogP contribution in [0.15, 0.2) is 30.3 Å². The van der Waals surface area contributed by atoms with E-state index >= 15 is 0 Å². The van der Waals surface area contributed by atoms with Gasteiger partial charge in [-0.15, -0.1) is 0 Å². The number of anilines is 2. The maximum absolute atomic E-state index is 12.6. The number of unbranched alkanes of at least 4 members (excludes halogenated alkanes) is 2. The molecule has 226 valence electrons. The molecule has 2 aromatic rings. The standard InChI is InChI=1S/C33H49N3O5/c1-7-9-21-38-29-19-18-28(31(34-29)40-22-10-8-2)36-20-23-39-30-26(12-11-13-27(30)36)24-14-16-25(17-15-24)35(6)32(37)41-33(3,4)5/h11-13,18-19,24-25H,7-10,14-17,20-23H2,1-6H3. The third-order valence-corrected chi connectivity index (χ3v) is 7.83. The summed E-state index contributed by atoms with van der Waals surface area (Å²) in [6.07, 6.45) is 7.71. The Morgan fingerprint density at radius 1 is 1.00 bits per heavy atom. The number of ether oxygens (including phenoxy) is 4. The first-order chi connectivity index (χ1) is 19.7. The smallest absolute Gasteiger partial charge is 0.410 e. The topological polar surface area (TPSA) is 73.4 Å². The number of hydrogen-bond acceptors (Lipinski definition) is 7. The van der Waals surface area contributed by atoms with Gasteiger partial charge in [0.15, 0.2) is 0 Å². The summed E-state index contributed by atoms with van der Waals surface area (Å²) in [7, 11) is 1.86. The number of fused-ring (bicyclic) bond motifs is 1. The average Bonchev–Trinajstić information content (AvgIpc) is 2.96. The second-order valence-corrected chi connectivity index (χ2v) is 12.2. The minimum absolute atomic E-state index is 0.185. The lowest BCUT2D eigenvalue weighted by Crippen LogP contribution is -2.42. The van der Waals surface area contributed by atoms with Crippen LogP contribution in [0.25, 0.3) is 0 Å². The zero-order valence-electron chi connectivity index (χ0n) is 25.9. The summed E-state index contributed by atoms with van der Waals surface area (Å²) in [4.78, 5) is 21.4. The van der Waals surface area contributed by atoms with Crippen LogP contribution in [0.2, 0.25) is 0 Å². The van der Waals surface area contributed by atoms with Crippen molar-refractivity contribution in [3.63, 3.8) is 0 Å². The number of amides is 1. The third-order valence-electron chi connectivity index (χ3n) is 7.83. The van der Waals surface area contributed by atoms with Crippen molar-refractivity contribution in [3.05, 3.63) is 35.9 Å². The first-order valence-electron chi connectivity index (χ1n) is 15.5. The van der Waals surface area contributed by atoms with Crippen LogP contribution in [0.3, 0.4) is 0 Å². The first kappa shape index (κ1) is 30.8. The van der Waals surface area contributed by atoms with Crippen molar-refractivity contribution in [2.45, 2.75) is 104 Å². The van der Waals surface area contributed by atoms with E-state index in [4.69, 9.17) is 23.9 Å². The van der Waals surface area contributed by atoms with E-state index < -0.39 is 5.60 Å². The van der Waals surface area contributed by atoms with E-state index in [1.54, 1.807) is 4.90 Å². The summed E-state index contributed by atoms with van der Waals surface area (Å²) in [6, 6.07) is 10.6. The molecular weight excluding hydrogens is 518 g/mol. The second-order valence-electron chi connectivity index (χ2n) is 12.2. The van der Waals surface area contributed by atoms with E-state index in [0.29, 0.717) is 44.0 Å². The minimum Gasteiger partial charge on any atom is -0.489 e. The Hall–Kier alpha value is -3.16. The Morgan fingerprint density at radius 2 is 1.71 bits per heavy atom. The fourth-order valence-corrected chi connectivity index (χ4v) is 5.54. The summed E-state index contributed by atoms with van der Waals surface area (Å²) in [5.41, 5.74) is 2.73. The van der Waals surface area contributed by atoms with Crippen molar-refractivity contribution in [2.24, 2.45) is 0 Å². The molecule has 8 heteroatoms. The normalized spacial score (nSPS) is 18.7. The zero-order valence-corrected chi connectivity index (χ0v) is 25.9. The summed E-state index contributed by atoms with van der Waals surface area (Å²) in [5.74, 6) is 2.53. The van der Waals surface area contributed by atoms with Crippen LogP contribution in [0, 0.1) is 0 Å². The van der Waals surface area contributed by atoms with Crippen LogP contribution in [0.5, 0.6) is 17.5 Å². The Morgan fingerprint density at radius 3 is 2.39 bits per heavy atom. The molecule has 41 heavy (non-hydrogen) atoms. The van der Waals surface area contributed by atoms with E-state index in [1.807, 2.05) is 33.9 Å². The van der Waals surface area contributed by atoms with Gasteiger partial charge in [-0.05, 0) is 82.9 Å². The molecule has 0 radical (unpaired) electrons. The van der Waals surface area contributed by atoms with Crippen molar-refractivity contribution in [3.8, 4) is 17.5 Å². The Balaban J connectivity index is 1.52. The molecule has 1 aromatic heterocycles. The molecule has 2 heterocycles. The number of benzene rings is 1. The predicted molar refractivity (Wildman–Crippen MR) is 163 cm³/mol. The number of nitrogens with zero attached hydrogens (tertiary/aromatic N) is 3. The number of rotatable bonds is 11. The van der Waals surface area contributed by atoms with Crippen molar-refractivity contribution >= 4 is 17.5 Å². The van der Waals surface area contributed by atoms with Gasteiger partial charge in [-0.25, -0.2) is 4.79 Å². The van der Waals surface area contributed by atoms with E-state index in [9.17, 15) is 4.79 Å². The van der Waals surface area contributed by atoms with Gasteiger partial charge in [0.1, 0.15) is 23.6 Å². The van der Waals surface area contributed by atoms with Gasteiger partial charge < -0.3 is 28.7 Å². The number of aromatic nitrogens is 1. The number of para-hydroxylation sites is 1. The average molecular weight is 568 g/mol. The van der Waals surface area contributed by atoms with Crippen molar-refractivity contribution in [1.82, 2.24) is 9.88 Å². The Kier molecular flexibility index (Phi) is 10.6. The van der Waals surface area contributed by atoms with Gasteiger partial charge in [0.05, 0.1) is 25.4 Å². The van der Waals surface area contributed by atoms with E-state index in [0.717, 1.165) is 68.5 Å². The SMILES string of the molecule is CCCCOc1ccc(N2CCOc3c(C4CCC(N(C)C(=O)OC(C)(C)C)CC4)cccc32)c(OCCCC)n1. The minimum atomic E-state index is -0.492. The molecule has 0 N–H and O–H groups in total. The monoisotopic (exact) mass is 567 g/mol. The number of pyridine rings is 1. The van der Waals surface area contributed by atoms with Crippen LogP contribution in [-0.4, -0.2) is 61.0 Å². The van der Waals surface area contributed by atoms with Crippen LogP contribution < -0.4 is 19.1 Å². The summed E-state index contributed by atoms with van der Waals surface area (Å²) in [6.45, 7) is 12.6. The van der Waals surface area contributed by atoms with E-state index in [-0.39, 0.29) is 12.1 Å².